The number of phenols is 2. The molecule has 1 atom stereocenters. The Hall–Kier alpha value is -2.53. The van der Waals surface area contributed by atoms with Crippen molar-refractivity contribution in [3.05, 3.63) is 59.2 Å². The van der Waals surface area contributed by atoms with E-state index < -0.39 is 6.10 Å². The average molecular weight is 416 g/mol. The van der Waals surface area contributed by atoms with Crippen LogP contribution in [-0.4, -0.2) is 38.7 Å². The number of phenolic OH excluding ortho intramolecular Hbond substituents is 2. The van der Waals surface area contributed by atoms with E-state index in [1.807, 2.05) is 27.7 Å². The van der Waals surface area contributed by atoms with Gasteiger partial charge in [0.1, 0.15) is 0 Å². The number of amides is 1. The minimum atomic E-state index is -0.959. The Morgan fingerprint density at radius 1 is 1.07 bits per heavy atom. The van der Waals surface area contributed by atoms with Crippen LogP contribution in [-0.2, 0) is 4.79 Å². The summed E-state index contributed by atoms with van der Waals surface area (Å²) in [6.07, 6.45) is 11.0. The smallest absolute Gasteiger partial charge is 0.246 e. The molecule has 1 amide bonds. The number of carbonyl (C=O) groups is 1. The number of aliphatic hydroxyl groups is 1. The molecule has 1 aromatic carbocycles. The van der Waals surface area contributed by atoms with Gasteiger partial charge in [-0.05, 0) is 78.0 Å². The first-order chi connectivity index (χ1) is 14.1. The van der Waals surface area contributed by atoms with Crippen LogP contribution >= 0.6 is 0 Å². The second kappa shape index (κ2) is 12.9. The number of rotatable bonds is 11. The molecule has 0 aliphatic heterocycles. The number of nitrogens with zero attached hydrogens (tertiary/aromatic N) is 1. The lowest BCUT2D eigenvalue weighted by atomic mass is 10.1. The van der Waals surface area contributed by atoms with E-state index >= 15 is 0 Å². The first-order valence-electron chi connectivity index (χ1n) is 10.6. The molecule has 0 saturated carbocycles. The molecule has 0 spiro atoms. The van der Waals surface area contributed by atoms with Gasteiger partial charge in [0.15, 0.2) is 11.5 Å². The third-order valence-electron chi connectivity index (χ3n) is 5.00. The number of aromatic hydroxyl groups is 2. The van der Waals surface area contributed by atoms with Crippen molar-refractivity contribution < 1.29 is 20.1 Å². The van der Waals surface area contributed by atoms with Crippen LogP contribution < -0.4 is 0 Å². The van der Waals surface area contributed by atoms with Crippen molar-refractivity contribution in [3.8, 4) is 11.5 Å². The summed E-state index contributed by atoms with van der Waals surface area (Å²) in [5.74, 6) is -0.676. The van der Waals surface area contributed by atoms with Gasteiger partial charge in [-0.2, -0.15) is 0 Å². The lowest BCUT2D eigenvalue weighted by molar-refractivity contribution is -0.129. The fourth-order valence-electron chi connectivity index (χ4n) is 3.09. The molecule has 1 aromatic rings. The van der Waals surface area contributed by atoms with E-state index in [-0.39, 0.29) is 30.0 Å². The molecule has 0 aliphatic rings. The lowest BCUT2D eigenvalue weighted by Crippen LogP contribution is -2.39. The van der Waals surface area contributed by atoms with Crippen molar-refractivity contribution in [3.63, 3.8) is 0 Å². The summed E-state index contributed by atoms with van der Waals surface area (Å²) in [6.45, 7) is 10.0. The van der Waals surface area contributed by atoms with Gasteiger partial charge in [-0.15, -0.1) is 0 Å². The van der Waals surface area contributed by atoms with Crippen molar-refractivity contribution >= 4 is 5.91 Å². The molecule has 0 bridgehead atoms. The van der Waals surface area contributed by atoms with Crippen molar-refractivity contribution in [2.75, 3.05) is 6.54 Å². The Kier molecular flexibility index (Phi) is 11.0. The maximum atomic E-state index is 12.8. The van der Waals surface area contributed by atoms with Crippen LogP contribution in [0, 0.1) is 0 Å². The van der Waals surface area contributed by atoms with Crippen LogP contribution in [0.1, 0.15) is 72.0 Å². The summed E-state index contributed by atoms with van der Waals surface area (Å²) in [5.41, 5.74) is 2.80. The van der Waals surface area contributed by atoms with Crippen molar-refractivity contribution in [1.29, 1.82) is 0 Å². The van der Waals surface area contributed by atoms with Gasteiger partial charge in [-0.25, -0.2) is 0 Å². The van der Waals surface area contributed by atoms with E-state index in [0.717, 1.165) is 31.3 Å². The third-order valence-corrected chi connectivity index (χ3v) is 5.00. The number of hydrogen-bond donors (Lipinski definition) is 3. The quantitative estimate of drug-likeness (QED) is 0.257. The highest BCUT2D eigenvalue weighted by atomic mass is 16.3. The van der Waals surface area contributed by atoms with E-state index in [9.17, 15) is 20.1 Å². The predicted molar refractivity (Wildman–Crippen MR) is 122 cm³/mol. The fraction of sp³-hybridized carbons (Fsp3) is 0.480. The molecule has 0 radical (unpaired) electrons. The van der Waals surface area contributed by atoms with E-state index in [1.54, 1.807) is 11.0 Å². The highest BCUT2D eigenvalue weighted by Gasteiger charge is 2.20. The first kappa shape index (κ1) is 25.5. The number of allylic oxidation sites excluding steroid dienone is 5. The van der Waals surface area contributed by atoms with Crippen LogP contribution in [0.3, 0.4) is 0 Å². The predicted octanol–water partition coefficient (Wildman–Crippen LogP) is 5.40. The molecule has 0 heterocycles. The molecule has 1 rings (SSSR count). The molecule has 0 aromatic heterocycles. The van der Waals surface area contributed by atoms with Crippen LogP contribution in [0.4, 0.5) is 0 Å². The fourth-order valence-corrected chi connectivity index (χ4v) is 3.09. The monoisotopic (exact) mass is 415 g/mol. The van der Waals surface area contributed by atoms with Gasteiger partial charge < -0.3 is 20.2 Å². The molecule has 0 aliphatic carbocycles. The van der Waals surface area contributed by atoms with Crippen molar-refractivity contribution in [1.82, 2.24) is 4.90 Å². The number of benzene rings is 1. The largest absolute Gasteiger partial charge is 0.504 e. The Bertz CT molecular complexity index is 777. The maximum Gasteiger partial charge on any atom is 0.246 e. The summed E-state index contributed by atoms with van der Waals surface area (Å²) < 4.78 is 0. The molecule has 3 N–H and O–H groups in total. The van der Waals surface area contributed by atoms with E-state index in [2.05, 4.69) is 25.2 Å². The maximum absolute atomic E-state index is 12.8. The highest BCUT2D eigenvalue weighted by Crippen LogP contribution is 2.28. The SMILES string of the molecule is CC=CCCC(C)=CCCC(C)=CC(=O)N(CC(O)c1ccc(O)c(O)c1)C(C)C. The van der Waals surface area contributed by atoms with Gasteiger partial charge in [0.25, 0.3) is 0 Å². The number of hydrogen-bond acceptors (Lipinski definition) is 4. The normalized spacial score (nSPS) is 13.8. The van der Waals surface area contributed by atoms with Crippen LogP contribution in [0.15, 0.2) is 53.6 Å². The zero-order valence-electron chi connectivity index (χ0n) is 18.9. The van der Waals surface area contributed by atoms with Gasteiger partial charge in [0.05, 0.1) is 12.6 Å². The zero-order chi connectivity index (χ0) is 22.7. The van der Waals surface area contributed by atoms with Crippen LogP contribution in [0.25, 0.3) is 0 Å². The zero-order valence-corrected chi connectivity index (χ0v) is 18.9. The number of aliphatic hydroxyl groups excluding tert-OH is 1. The molecule has 5 heteroatoms. The second-order valence-electron chi connectivity index (χ2n) is 8.04. The van der Waals surface area contributed by atoms with Gasteiger partial charge in [-0.3, -0.25) is 4.79 Å². The molecule has 166 valence electrons. The summed E-state index contributed by atoms with van der Waals surface area (Å²) in [5, 5.41) is 29.6. The summed E-state index contributed by atoms with van der Waals surface area (Å²) in [6, 6.07) is 4.09. The van der Waals surface area contributed by atoms with Gasteiger partial charge in [0.2, 0.25) is 5.91 Å². The van der Waals surface area contributed by atoms with Gasteiger partial charge in [-0.1, -0.05) is 35.4 Å². The van der Waals surface area contributed by atoms with Crippen molar-refractivity contribution in [2.45, 2.75) is 72.4 Å². The molecule has 30 heavy (non-hydrogen) atoms. The van der Waals surface area contributed by atoms with Crippen LogP contribution in [0.5, 0.6) is 11.5 Å². The standard InChI is InChI=1S/C25H37NO4/c1-6-7-8-10-19(4)11-9-12-20(5)15-25(30)26(18(2)3)17-24(29)21-13-14-22(27)23(28)16-21/h6-7,11,13-16,18,24,27-29H,8-10,12,17H2,1-5H3. The van der Waals surface area contributed by atoms with E-state index in [4.69, 9.17) is 0 Å². The summed E-state index contributed by atoms with van der Waals surface area (Å²) >= 11 is 0. The Labute approximate surface area is 181 Å². The molecular formula is C25H37NO4. The van der Waals surface area contributed by atoms with E-state index in [0.29, 0.717) is 5.56 Å². The van der Waals surface area contributed by atoms with Gasteiger partial charge in [0, 0.05) is 12.1 Å². The average Bonchev–Trinajstić information content (AvgIpc) is 2.67. The van der Waals surface area contributed by atoms with Crippen LogP contribution in [0.2, 0.25) is 0 Å². The summed E-state index contributed by atoms with van der Waals surface area (Å²) in [7, 11) is 0. The second-order valence-corrected chi connectivity index (χ2v) is 8.04. The molecule has 0 fully saturated rings. The Morgan fingerprint density at radius 2 is 1.73 bits per heavy atom. The molecular weight excluding hydrogens is 378 g/mol. The number of carbonyl (C=O) groups excluding carboxylic acids is 1. The Morgan fingerprint density at radius 3 is 2.33 bits per heavy atom. The highest BCUT2D eigenvalue weighted by molar-refractivity contribution is 5.88. The lowest BCUT2D eigenvalue weighted by Gasteiger charge is -2.28. The van der Waals surface area contributed by atoms with Crippen molar-refractivity contribution in [2.24, 2.45) is 0 Å². The molecule has 5 nitrogen and oxygen atoms in total. The first-order valence-corrected chi connectivity index (χ1v) is 10.6. The molecule has 1 unspecified atom stereocenters. The Balaban J connectivity index is 2.71. The summed E-state index contributed by atoms with van der Waals surface area (Å²) in [4.78, 5) is 14.4. The minimum absolute atomic E-state index is 0.0873. The minimum Gasteiger partial charge on any atom is -0.504 e. The van der Waals surface area contributed by atoms with Gasteiger partial charge >= 0.3 is 0 Å². The molecule has 0 saturated heterocycles. The van der Waals surface area contributed by atoms with E-state index in [1.165, 1.54) is 23.8 Å². The topological polar surface area (TPSA) is 81.0 Å². The third kappa shape index (κ3) is 8.87.